The Morgan fingerprint density at radius 3 is 2.72 bits per heavy atom. The molecule has 0 bridgehead atoms. The number of aromatic nitrogens is 3. The van der Waals surface area contributed by atoms with Crippen molar-refractivity contribution in [3.8, 4) is 11.5 Å². The number of amides is 1. The molecule has 0 unspecified atom stereocenters. The Kier molecular flexibility index (Phi) is 4.18. The van der Waals surface area contributed by atoms with Gasteiger partial charge < -0.3 is 9.73 Å². The fraction of sp³-hybridized carbons (Fsp3) is 0.176. The molecule has 0 aliphatic heterocycles. The van der Waals surface area contributed by atoms with Crippen LogP contribution in [0.4, 0.5) is 10.1 Å². The van der Waals surface area contributed by atoms with E-state index in [1.165, 1.54) is 13.0 Å². The summed E-state index contributed by atoms with van der Waals surface area (Å²) in [6.45, 7) is 2.93. The summed E-state index contributed by atoms with van der Waals surface area (Å²) in [5.74, 6) is -0.889. The Labute approximate surface area is 142 Å². The summed E-state index contributed by atoms with van der Waals surface area (Å²) in [6, 6.07) is 3.57. The number of rotatable bonds is 4. The number of carbonyl (C=O) groups excluding carboxylic acids is 2. The minimum Gasteiger partial charge on any atom is -0.440 e. The van der Waals surface area contributed by atoms with Gasteiger partial charge in [0, 0.05) is 18.8 Å². The van der Waals surface area contributed by atoms with E-state index in [9.17, 15) is 14.0 Å². The number of hydrogen-bond acceptors (Lipinski definition) is 5. The van der Waals surface area contributed by atoms with Gasteiger partial charge in [0.1, 0.15) is 11.6 Å². The summed E-state index contributed by atoms with van der Waals surface area (Å²) in [7, 11) is 1.75. The summed E-state index contributed by atoms with van der Waals surface area (Å²) >= 11 is 0. The molecule has 0 saturated carbocycles. The van der Waals surface area contributed by atoms with Gasteiger partial charge >= 0.3 is 0 Å². The molecule has 3 aromatic rings. The van der Waals surface area contributed by atoms with Gasteiger partial charge in [-0.05, 0) is 32.0 Å². The Morgan fingerprint density at radius 1 is 1.32 bits per heavy atom. The molecule has 0 radical (unpaired) electrons. The number of nitrogens with zero attached hydrogens (tertiary/aromatic N) is 3. The fourth-order valence-corrected chi connectivity index (χ4v) is 2.37. The van der Waals surface area contributed by atoms with Crippen LogP contribution in [0.2, 0.25) is 0 Å². The Bertz CT molecular complexity index is 974. The molecule has 2 aromatic heterocycles. The van der Waals surface area contributed by atoms with Gasteiger partial charge in [0.25, 0.3) is 5.91 Å². The average Bonchev–Trinajstić information content (AvgIpc) is 3.13. The molecule has 1 N–H and O–H groups in total. The van der Waals surface area contributed by atoms with Crippen molar-refractivity contribution in [1.29, 1.82) is 0 Å². The van der Waals surface area contributed by atoms with Gasteiger partial charge in [-0.25, -0.2) is 9.37 Å². The average molecular weight is 342 g/mol. The van der Waals surface area contributed by atoms with Crippen LogP contribution in [0.5, 0.6) is 0 Å². The Morgan fingerprint density at radius 2 is 2.08 bits per heavy atom. The largest absolute Gasteiger partial charge is 0.440 e. The van der Waals surface area contributed by atoms with Gasteiger partial charge in [-0.2, -0.15) is 5.10 Å². The highest BCUT2D eigenvalue weighted by molar-refractivity contribution is 6.08. The molecule has 0 aliphatic carbocycles. The molecule has 0 spiro atoms. The summed E-state index contributed by atoms with van der Waals surface area (Å²) < 4.78 is 20.6. The van der Waals surface area contributed by atoms with Crippen LogP contribution in [0.1, 0.15) is 33.5 Å². The molecule has 128 valence electrons. The van der Waals surface area contributed by atoms with E-state index in [0.29, 0.717) is 11.3 Å². The molecule has 7 nitrogen and oxygen atoms in total. The van der Waals surface area contributed by atoms with Gasteiger partial charge in [0.2, 0.25) is 5.89 Å². The predicted octanol–water partition coefficient (Wildman–Crippen LogP) is 2.98. The minimum atomic E-state index is -0.593. The first-order valence-corrected chi connectivity index (χ1v) is 7.43. The lowest BCUT2D eigenvalue weighted by atomic mass is 10.1. The zero-order valence-corrected chi connectivity index (χ0v) is 13.8. The van der Waals surface area contributed by atoms with E-state index in [-0.39, 0.29) is 28.6 Å². The van der Waals surface area contributed by atoms with Crippen molar-refractivity contribution in [3.63, 3.8) is 0 Å². The van der Waals surface area contributed by atoms with Gasteiger partial charge in [-0.1, -0.05) is 0 Å². The molecular formula is C17H15FN4O3. The SMILES string of the molecule is CC(=O)c1ccc(F)cc1NC(=O)c1nc(-c2cnn(C)c2)oc1C. The smallest absolute Gasteiger partial charge is 0.277 e. The van der Waals surface area contributed by atoms with E-state index in [2.05, 4.69) is 15.4 Å². The number of aryl methyl sites for hydroxylation is 2. The van der Waals surface area contributed by atoms with E-state index in [1.54, 1.807) is 31.0 Å². The molecule has 8 heteroatoms. The third-order valence-electron chi connectivity index (χ3n) is 3.57. The maximum atomic E-state index is 13.5. The number of Topliss-reactive ketones (excluding diaryl/α,β-unsaturated/α-hetero) is 1. The molecule has 1 amide bonds. The van der Waals surface area contributed by atoms with Crippen LogP contribution < -0.4 is 5.32 Å². The molecule has 0 atom stereocenters. The van der Waals surface area contributed by atoms with Crippen LogP contribution in [0.25, 0.3) is 11.5 Å². The first kappa shape index (κ1) is 16.6. The first-order valence-electron chi connectivity index (χ1n) is 7.43. The molecule has 0 aliphatic rings. The fourth-order valence-electron chi connectivity index (χ4n) is 2.37. The zero-order valence-electron chi connectivity index (χ0n) is 13.8. The molecular weight excluding hydrogens is 327 g/mol. The van der Waals surface area contributed by atoms with Crippen molar-refractivity contribution >= 4 is 17.4 Å². The number of halogens is 1. The number of benzene rings is 1. The minimum absolute atomic E-state index is 0.0533. The lowest BCUT2D eigenvalue weighted by Crippen LogP contribution is -2.16. The van der Waals surface area contributed by atoms with Crippen LogP contribution in [0, 0.1) is 12.7 Å². The van der Waals surface area contributed by atoms with E-state index >= 15 is 0 Å². The van der Waals surface area contributed by atoms with Gasteiger partial charge in [-0.3, -0.25) is 14.3 Å². The molecule has 3 rings (SSSR count). The third kappa shape index (κ3) is 3.32. The monoisotopic (exact) mass is 342 g/mol. The topological polar surface area (TPSA) is 90.0 Å². The summed E-state index contributed by atoms with van der Waals surface area (Å²) in [5.41, 5.74) is 0.976. The number of nitrogens with one attached hydrogen (secondary N) is 1. The summed E-state index contributed by atoms with van der Waals surface area (Å²) in [4.78, 5) is 28.3. The summed E-state index contributed by atoms with van der Waals surface area (Å²) in [6.07, 6.45) is 3.26. The number of anilines is 1. The second-order valence-electron chi connectivity index (χ2n) is 5.53. The normalized spacial score (nSPS) is 10.7. The zero-order chi connectivity index (χ0) is 18.1. The number of carbonyl (C=O) groups is 2. The van der Waals surface area contributed by atoms with Crippen molar-refractivity contribution in [2.75, 3.05) is 5.32 Å². The van der Waals surface area contributed by atoms with Crippen molar-refractivity contribution < 1.29 is 18.4 Å². The van der Waals surface area contributed by atoms with E-state index < -0.39 is 11.7 Å². The van der Waals surface area contributed by atoms with Crippen molar-refractivity contribution in [2.45, 2.75) is 13.8 Å². The third-order valence-corrected chi connectivity index (χ3v) is 3.57. The lowest BCUT2D eigenvalue weighted by molar-refractivity contribution is 0.101. The van der Waals surface area contributed by atoms with E-state index in [4.69, 9.17) is 4.42 Å². The standard InChI is InChI=1S/C17H15FN4O3/c1-9(23)13-5-4-12(18)6-14(13)20-16(24)15-10(2)25-17(21-15)11-7-19-22(3)8-11/h4-8H,1-3H3,(H,20,24). The molecule has 0 saturated heterocycles. The number of ketones is 1. The quantitative estimate of drug-likeness (QED) is 0.736. The summed E-state index contributed by atoms with van der Waals surface area (Å²) in [5, 5.41) is 6.54. The second kappa shape index (κ2) is 6.31. The maximum Gasteiger partial charge on any atom is 0.277 e. The van der Waals surface area contributed by atoms with Crippen LogP contribution in [0.3, 0.4) is 0 Å². The Hall–Kier alpha value is -3.29. The van der Waals surface area contributed by atoms with Gasteiger partial charge in [0.15, 0.2) is 11.5 Å². The highest BCUT2D eigenvalue weighted by Gasteiger charge is 2.20. The van der Waals surface area contributed by atoms with Crippen LogP contribution in [-0.2, 0) is 7.05 Å². The van der Waals surface area contributed by atoms with Gasteiger partial charge in [-0.15, -0.1) is 0 Å². The van der Waals surface area contributed by atoms with E-state index in [0.717, 1.165) is 12.1 Å². The first-order chi connectivity index (χ1) is 11.8. The van der Waals surface area contributed by atoms with Crippen LogP contribution >= 0.6 is 0 Å². The van der Waals surface area contributed by atoms with Crippen molar-refractivity contribution in [3.05, 3.63) is 53.4 Å². The number of hydrogen-bond donors (Lipinski definition) is 1. The molecule has 1 aromatic carbocycles. The van der Waals surface area contributed by atoms with Crippen LogP contribution in [-0.4, -0.2) is 26.5 Å². The Balaban J connectivity index is 1.91. The molecule has 0 fully saturated rings. The number of oxazole rings is 1. The van der Waals surface area contributed by atoms with Crippen molar-refractivity contribution in [2.24, 2.45) is 7.05 Å². The molecule has 25 heavy (non-hydrogen) atoms. The van der Waals surface area contributed by atoms with Crippen LogP contribution in [0.15, 0.2) is 35.0 Å². The highest BCUT2D eigenvalue weighted by Crippen LogP contribution is 2.23. The lowest BCUT2D eigenvalue weighted by Gasteiger charge is -2.08. The van der Waals surface area contributed by atoms with Crippen molar-refractivity contribution in [1.82, 2.24) is 14.8 Å². The predicted molar refractivity (Wildman–Crippen MR) is 87.8 cm³/mol. The highest BCUT2D eigenvalue weighted by atomic mass is 19.1. The van der Waals surface area contributed by atoms with Gasteiger partial charge in [0.05, 0.1) is 17.4 Å². The second-order valence-corrected chi connectivity index (χ2v) is 5.53. The van der Waals surface area contributed by atoms with E-state index in [1.807, 2.05) is 0 Å². The molecule has 2 heterocycles. The maximum absolute atomic E-state index is 13.5.